The first-order valence-corrected chi connectivity index (χ1v) is 8.25. The van der Waals surface area contributed by atoms with Crippen LogP contribution in [0.25, 0.3) is 11.4 Å². The molecule has 6 nitrogen and oxygen atoms in total. The third-order valence-corrected chi connectivity index (χ3v) is 3.80. The molecule has 1 N–H and O–H groups in total. The molecule has 0 radical (unpaired) electrons. The van der Waals surface area contributed by atoms with Crippen LogP contribution in [0.3, 0.4) is 0 Å². The van der Waals surface area contributed by atoms with Crippen molar-refractivity contribution in [3.63, 3.8) is 0 Å². The monoisotopic (exact) mass is 335 g/mol. The van der Waals surface area contributed by atoms with E-state index in [1.54, 1.807) is 12.4 Å². The second kappa shape index (κ2) is 7.25. The van der Waals surface area contributed by atoms with E-state index in [0.29, 0.717) is 18.3 Å². The Bertz CT molecular complexity index is 853. The summed E-state index contributed by atoms with van der Waals surface area (Å²) < 4.78 is 1.35. The van der Waals surface area contributed by atoms with Gasteiger partial charge in [-0.25, -0.2) is 0 Å². The van der Waals surface area contributed by atoms with Gasteiger partial charge in [0, 0.05) is 30.4 Å². The maximum atomic E-state index is 12.5. The second-order valence-electron chi connectivity index (χ2n) is 6.24. The molecule has 0 amide bonds. The highest BCUT2D eigenvalue weighted by Gasteiger charge is 2.19. The van der Waals surface area contributed by atoms with Crippen LogP contribution in [0.15, 0.2) is 48.8 Å². The standard InChI is InChI=1S/C19H21N5O/c1-13(2)18(25)24-19(21-11-15-8-6-14(3)7-9-15)22-17(23-24)16-5-4-10-20-12-16/h4-10,12-13H,11H2,1-3H3,(H,21,22,23). The zero-order chi connectivity index (χ0) is 17.8. The molecule has 3 aromatic rings. The smallest absolute Gasteiger partial charge is 0.252 e. The number of aromatic nitrogens is 4. The molecule has 0 unspecified atom stereocenters. The summed E-state index contributed by atoms with van der Waals surface area (Å²) in [5.74, 6) is 0.643. The summed E-state index contributed by atoms with van der Waals surface area (Å²) in [4.78, 5) is 21.1. The predicted octanol–water partition coefficient (Wildman–Crippen LogP) is 3.56. The number of rotatable bonds is 5. The van der Waals surface area contributed by atoms with E-state index in [1.807, 2.05) is 26.0 Å². The van der Waals surface area contributed by atoms with E-state index in [-0.39, 0.29) is 11.8 Å². The number of pyridine rings is 1. The van der Waals surface area contributed by atoms with E-state index in [1.165, 1.54) is 10.2 Å². The lowest BCUT2D eigenvalue weighted by Gasteiger charge is -2.09. The summed E-state index contributed by atoms with van der Waals surface area (Å²) in [6.07, 6.45) is 3.37. The molecule has 0 saturated carbocycles. The number of nitrogens with one attached hydrogen (secondary N) is 1. The zero-order valence-electron chi connectivity index (χ0n) is 14.6. The predicted molar refractivity (Wildman–Crippen MR) is 97.2 cm³/mol. The van der Waals surface area contributed by atoms with Gasteiger partial charge in [0.25, 0.3) is 5.91 Å². The van der Waals surface area contributed by atoms with E-state index < -0.39 is 0 Å². The van der Waals surface area contributed by atoms with Crippen molar-refractivity contribution in [3.8, 4) is 11.4 Å². The number of anilines is 1. The normalized spacial score (nSPS) is 10.9. The van der Waals surface area contributed by atoms with Gasteiger partial charge in [0.1, 0.15) is 0 Å². The molecule has 25 heavy (non-hydrogen) atoms. The third kappa shape index (κ3) is 3.91. The average molecular weight is 335 g/mol. The Morgan fingerprint density at radius 3 is 2.60 bits per heavy atom. The van der Waals surface area contributed by atoms with Gasteiger partial charge in [0.15, 0.2) is 5.82 Å². The molecule has 0 aliphatic heterocycles. The summed E-state index contributed by atoms with van der Waals surface area (Å²) in [5, 5.41) is 7.60. The molecule has 0 aliphatic rings. The van der Waals surface area contributed by atoms with Gasteiger partial charge in [-0.15, -0.1) is 5.10 Å². The average Bonchev–Trinajstić information content (AvgIpc) is 3.05. The van der Waals surface area contributed by atoms with E-state index in [9.17, 15) is 4.79 Å². The molecule has 2 aromatic heterocycles. The maximum absolute atomic E-state index is 12.5. The molecule has 6 heteroatoms. The number of carbonyl (C=O) groups excluding carboxylic acids is 1. The van der Waals surface area contributed by atoms with Crippen LogP contribution in [-0.4, -0.2) is 25.7 Å². The first kappa shape index (κ1) is 16.8. The van der Waals surface area contributed by atoms with Gasteiger partial charge in [-0.3, -0.25) is 9.78 Å². The Morgan fingerprint density at radius 1 is 1.20 bits per heavy atom. The Hall–Kier alpha value is -3.02. The lowest BCUT2D eigenvalue weighted by Crippen LogP contribution is -2.21. The van der Waals surface area contributed by atoms with Crippen LogP contribution in [0, 0.1) is 12.8 Å². The Morgan fingerprint density at radius 2 is 1.96 bits per heavy atom. The molecule has 0 fully saturated rings. The van der Waals surface area contributed by atoms with Crippen molar-refractivity contribution in [1.29, 1.82) is 0 Å². The van der Waals surface area contributed by atoms with Gasteiger partial charge in [-0.2, -0.15) is 9.67 Å². The summed E-state index contributed by atoms with van der Waals surface area (Å²) in [7, 11) is 0. The SMILES string of the molecule is Cc1ccc(CNc2nc(-c3cccnc3)nn2C(=O)C(C)C)cc1. The van der Waals surface area contributed by atoms with Crippen LogP contribution < -0.4 is 5.32 Å². The number of benzene rings is 1. The zero-order valence-corrected chi connectivity index (χ0v) is 14.6. The van der Waals surface area contributed by atoms with Gasteiger partial charge in [0.05, 0.1) is 0 Å². The first-order valence-electron chi connectivity index (χ1n) is 8.25. The Balaban J connectivity index is 1.89. The molecule has 0 aliphatic carbocycles. The Labute approximate surface area is 146 Å². The quantitative estimate of drug-likeness (QED) is 0.772. The van der Waals surface area contributed by atoms with E-state index in [4.69, 9.17) is 0 Å². The lowest BCUT2D eigenvalue weighted by molar-refractivity contribution is 0.0841. The number of nitrogens with zero attached hydrogens (tertiary/aromatic N) is 4. The van der Waals surface area contributed by atoms with E-state index in [0.717, 1.165) is 11.1 Å². The summed E-state index contributed by atoms with van der Waals surface area (Å²) in [5.41, 5.74) is 3.09. The minimum Gasteiger partial charge on any atom is -0.350 e. The van der Waals surface area contributed by atoms with Crippen LogP contribution in [0.1, 0.15) is 29.8 Å². The van der Waals surface area contributed by atoms with Gasteiger partial charge in [-0.05, 0) is 24.6 Å². The number of aryl methyl sites for hydroxylation is 1. The van der Waals surface area contributed by atoms with Gasteiger partial charge < -0.3 is 5.32 Å². The topological polar surface area (TPSA) is 72.7 Å². The fraction of sp³-hybridized carbons (Fsp3) is 0.263. The van der Waals surface area contributed by atoms with Gasteiger partial charge in [0.2, 0.25) is 5.95 Å². The molecule has 0 spiro atoms. The number of hydrogen-bond donors (Lipinski definition) is 1. The largest absolute Gasteiger partial charge is 0.350 e. The molecule has 0 bridgehead atoms. The fourth-order valence-corrected chi connectivity index (χ4v) is 2.33. The summed E-state index contributed by atoms with van der Waals surface area (Å²) >= 11 is 0. The molecular weight excluding hydrogens is 314 g/mol. The molecule has 0 atom stereocenters. The number of hydrogen-bond acceptors (Lipinski definition) is 5. The van der Waals surface area contributed by atoms with Gasteiger partial charge in [-0.1, -0.05) is 43.7 Å². The lowest BCUT2D eigenvalue weighted by atomic mass is 10.1. The van der Waals surface area contributed by atoms with Crippen molar-refractivity contribution in [1.82, 2.24) is 19.7 Å². The van der Waals surface area contributed by atoms with Crippen molar-refractivity contribution in [2.75, 3.05) is 5.32 Å². The molecule has 3 rings (SSSR count). The number of carbonyl (C=O) groups is 1. The molecule has 128 valence electrons. The minimum atomic E-state index is -0.177. The van der Waals surface area contributed by atoms with Crippen LogP contribution in [0.2, 0.25) is 0 Å². The maximum Gasteiger partial charge on any atom is 0.252 e. The van der Waals surface area contributed by atoms with Crippen molar-refractivity contribution in [2.24, 2.45) is 5.92 Å². The van der Waals surface area contributed by atoms with Crippen LogP contribution in [0.4, 0.5) is 5.95 Å². The van der Waals surface area contributed by atoms with Crippen molar-refractivity contribution < 1.29 is 4.79 Å². The van der Waals surface area contributed by atoms with Crippen molar-refractivity contribution in [2.45, 2.75) is 27.3 Å². The third-order valence-electron chi connectivity index (χ3n) is 3.80. The minimum absolute atomic E-state index is 0.103. The van der Waals surface area contributed by atoms with Crippen molar-refractivity contribution >= 4 is 11.9 Å². The fourth-order valence-electron chi connectivity index (χ4n) is 2.33. The highest BCUT2D eigenvalue weighted by Crippen LogP contribution is 2.18. The van der Waals surface area contributed by atoms with Crippen molar-refractivity contribution in [3.05, 3.63) is 59.9 Å². The molecule has 2 heterocycles. The van der Waals surface area contributed by atoms with Crippen LogP contribution in [-0.2, 0) is 6.54 Å². The van der Waals surface area contributed by atoms with Crippen LogP contribution in [0.5, 0.6) is 0 Å². The summed E-state index contributed by atoms with van der Waals surface area (Å²) in [6.45, 7) is 6.31. The summed E-state index contributed by atoms with van der Waals surface area (Å²) in [6, 6.07) is 11.9. The van der Waals surface area contributed by atoms with E-state index in [2.05, 4.69) is 51.6 Å². The Kier molecular flexibility index (Phi) is 4.88. The molecule has 0 saturated heterocycles. The van der Waals surface area contributed by atoms with Crippen LogP contribution >= 0.6 is 0 Å². The molecule has 1 aromatic carbocycles. The second-order valence-corrected chi connectivity index (χ2v) is 6.24. The van der Waals surface area contributed by atoms with Gasteiger partial charge >= 0.3 is 0 Å². The van der Waals surface area contributed by atoms with E-state index >= 15 is 0 Å². The highest BCUT2D eigenvalue weighted by atomic mass is 16.2. The molecular formula is C19H21N5O. The first-order chi connectivity index (χ1) is 12.0. The highest BCUT2D eigenvalue weighted by molar-refractivity contribution is 5.83.